The molecule has 2 rings (SSSR count). The van der Waals surface area contributed by atoms with Crippen LogP contribution in [-0.2, 0) is 4.79 Å². The number of amides is 1. The third kappa shape index (κ3) is 3.97. The Bertz CT molecular complexity index is 499. The molecule has 0 spiro atoms. The maximum atomic E-state index is 12.4. The van der Waals surface area contributed by atoms with Crippen molar-refractivity contribution in [2.24, 2.45) is 5.92 Å². The number of rotatable bonds is 4. The van der Waals surface area contributed by atoms with Gasteiger partial charge in [0.2, 0.25) is 5.91 Å². The Morgan fingerprint density at radius 3 is 2.81 bits per heavy atom. The van der Waals surface area contributed by atoms with Gasteiger partial charge >= 0.3 is 0 Å². The molecule has 0 radical (unpaired) electrons. The summed E-state index contributed by atoms with van der Waals surface area (Å²) in [5.74, 6) is 0.757. The molecule has 0 bridgehead atoms. The summed E-state index contributed by atoms with van der Waals surface area (Å²) < 4.78 is 0. The van der Waals surface area contributed by atoms with E-state index >= 15 is 0 Å². The molecular weight excluding hydrogens is 262 g/mol. The highest BCUT2D eigenvalue weighted by Gasteiger charge is 2.26. The molecule has 2 unspecified atom stereocenters. The minimum atomic E-state index is -0.0587. The van der Waals surface area contributed by atoms with Crippen LogP contribution in [0.4, 0.5) is 11.4 Å². The Morgan fingerprint density at radius 1 is 1.43 bits per heavy atom. The van der Waals surface area contributed by atoms with E-state index in [-0.39, 0.29) is 11.9 Å². The van der Waals surface area contributed by atoms with Crippen molar-refractivity contribution >= 4 is 17.3 Å². The topological polar surface area (TPSA) is 44.4 Å². The molecule has 1 fully saturated rings. The second-order valence-electron chi connectivity index (χ2n) is 6.19. The maximum Gasteiger partial charge on any atom is 0.241 e. The summed E-state index contributed by atoms with van der Waals surface area (Å²) >= 11 is 0. The molecule has 4 heteroatoms. The van der Waals surface area contributed by atoms with Crippen LogP contribution in [0.15, 0.2) is 18.2 Å². The molecule has 2 N–H and O–H groups in total. The van der Waals surface area contributed by atoms with Crippen molar-refractivity contribution in [1.29, 1.82) is 0 Å². The van der Waals surface area contributed by atoms with E-state index in [1.807, 2.05) is 33.2 Å². The molecule has 116 valence electrons. The van der Waals surface area contributed by atoms with Gasteiger partial charge in [-0.25, -0.2) is 0 Å². The van der Waals surface area contributed by atoms with E-state index in [1.165, 1.54) is 6.42 Å². The lowest BCUT2D eigenvalue weighted by Crippen LogP contribution is -2.46. The zero-order chi connectivity index (χ0) is 15.4. The van der Waals surface area contributed by atoms with E-state index in [9.17, 15) is 4.79 Å². The number of nitrogens with one attached hydrogen (secondary N) is 2. The lowest BCUT2D eigenvalue weighted by Gasteiger charge is -2.29. The first-order valence-corrected chi connectivity index (χ1v) is 7.83. The minimum Gasteiger partial charge on any atom is -0.378 e. The molecule has 1 heterocycles. The van der Waals surface area contributed by atoms with Crippen molar-refractivity contribution in [3.8, 4) is 0 Å². The first-order valence-electron chi connectivity index (χ1n) is 7.83. The summed E-state index contributed by atoms with van der Waals surface area (Å²) in [5.41, 5.74) is 3.15. The van der Waals surface area contributed by atoms with Crippen LogP contribution in [-0.4, -0.2) is 32.6 Å². The minimum absolute atomic E-state index is 0.0587. The van der Waals surface area contributed by atoms with Gasteiger partial charge in [0.1, 0.15) is 0 Å². The zero-order valence-corrected chi connectivity index (χ0v) is 13.6. The number of aryl methyl sites for hydroxylation is 1. The fraction of sp³-hybridized carbons (Fsp3) is 0.588. The molecule has 1 amide bonds. The molecular formula is C17H27N3O. The van der Waals surface area contributed by atoms with Crippen LogP contribution in [0.3, 0.4) is 0 Å². The van der Waals surface area contributed by atoms with E-state index in [0.717, 1.165) is 36.3 Å². The van der Waals surface area contributed by atoms with Crippen LogP contribution >= 0.6 is 0 Å². The van der Waals surface area contributed by atoms with Crippen molar-refractivity contribution in [3.63, 3.8) is 0 Å². The Morgan fingerprint density at radius 2 is 2.19 bits per heavy atom. The van der Waals surface area contributed by atoms with Gasteiger partial charge in [-0.05, 0) is 56.0 Å². The number of carbonyl (C=O) groups excluding carboxylic acids is 1. The number of anilines is 2. The molecule has 0 aromatic heterocycles. The normalized spacial score (nSPS) is 21.9. The van der Waals surface area contributed by atoms with E-state index in [0.29, 0.717) is 5.92 Å². The Kier molecular flexibility index (Phi) is 5.23. The fourth-order valence-corrected chi connectivity index (χ4v) is 2.85. The molecule has 1 aliphatic heterocycles. The molecule has 1 saturated heterocycles. The summed E-state index contributed by atoms with van der Waals surface area (Å²) in [4.78, 5) is 14.5. The van der Waals surface area contributed by atoms with Crippen molar-refractivity contribution < 1.29 is 4.79 Å². The molecule has 0 aliphatic carbocycles. The van der Waals surface area contributed by atoms with Gasteiger partial charge in [-0.15, -0.1) is 0 Å². The van der Waals surface area contributed by atoms with Crippen LogP contribution in [0.2, 0.25) is 0 Å². The number of benzene rings is 1. The highest BCUT2D eigenvalue weighted by Crippen LogP contribution is 2.23. The summed E-state index contributed by atoms with van der Waals surface area (Å²) in [5, 5.41) is 6.40. The third-order valence-corrected chi connectivity index (χ3v) is 4.39. The van der Waals surface area contributed by atoms with Gasteiger partial charge in [0.15, 0.2) is 0 Å². The number of hydrogen-bond donors (Lipinski definition) is 2. The average Bonchev–Trinajstić information content (AvgIpc) is 2.49. The van der Waals surface area contributed by atoms with E-state index in [2.05, 4.69) is 28.5 Å². The van der Waals surface area contributed by atoms with Gasteiger partial charge < -0.3 is 15.5 Å². The van der Waals surface area contributed by atoms with Crippen molar-refractivity contribution in [1.82, 2.24) is 5.32 Å². The maximum absolute atomic E-state index is 12.4. The molecule has 4 nitrogen and oxygen atoms in total. The summed E-state index contributed by atoms with van der Waals surface area (Å²) in [6.45, 7) is 5.18. The van der Waals surface area contributed by atoms with Gasteiger partial charge in [0, 0.05) is 25.5 Å². The quantitative estimate of drug-likeness (QED) is 0.896. The number of piperidine rings is 1. The smallest absolute Gasteiger partial charge is 0.241 e. The summed E-state index contributed by atoms with van der Waals surface area (Å²) in [6, 6.07) is 6.06. The van der Waals surface area contributed by atoms with Crippen LogP contribution in [0.1, 0.15) is 31.7 Å². The Balaban J connectivity index is 2.02. The second kappa shape index (κ2) is 6.94. The monoisotopic (exact) mass is 289 g/mol. The van der Waals surface area contributed by atoms with E-state index in [1.54, 1.807) is 0 Å². The first-order chi connectivity index (χ1) is 10.0. The molecule has 1 aliphatic rings. The highest BCUT2D eigenvalue weighted by molar-refractivity contribution is 5.95. The van der Waals surface area contributed by atoms with Gasteiger partial charge in [0.05, 0.1) is 6.04 Å². The molecule has 0 saturated carbocycles. The predicted octanol–water partition coefficient (Wildman–Crippen LogP) is 2.78. The summed E-state index contributed by atoms with van der Waals surface area (Å²) in [6.07, 6.45) is 3.27. The van der Waals surface area contributed by atoms with Crippen molar-refractivity contribution in [3.05, 3.63) is 23.8 Å². The molecule has 1 aromatic carbocycles. The zero-order valence-electron chi connectivity index (χ0n) is 13.6. The SMILES string of the molecule is CCC1CCNC(C(=O)Nc2ccc(N(C)C)cc2C)C1. The molecule has 1 aromatic rings. The van der Waals surface area contributed by atoms with Gasteiger partial charge in [-0.3, -0.25) is 4.79 Å². The number of nitrogens with zero attached hydrogens (tertiary/aromatic N) is 1. The first kappa shape index (κ1) is 15.8. The fourth-order valence-electron chi connectivity index (χ4n) is 2.85. The second-order valence-corrected chi connectivity index (χ2v) is 6.19. The van der Waals surface area contributed by atoms with Crippen LogP contribution in [0.25, 0.3) is 0 Å². The number of carbonyl (C=O) groups is 1. The van der Waals surface area contributed by atoms with Crippen molar-refractivity contribution in [2.75, 3.05) is 30.9 Å². The largest absolute Gasteiger partial charge is 0.378 e. The van der Waals surface area contributed by atoms with E-state index in [4.69, 9.17) is 0 Å². The van der Waals surface area contributed by atoms with Crippen LogP contribution < -0.4 is 15.5 Å². The Labute approximate surface area is 127 Å². The van der Waals surface area contributed by atoms with Crippen molar-refractivity contribution in [2.45, 2.75) is 39.2 Å². The van der Waals surface area contributed by atoms with E-state index < -0.39 is 0 Å². The molecule has 2 atom stereocenters. The third-order valence-electron chi connectivity index (χ3n) is 4.39. The lowest BCUT2D eigenvalue weighted by atomic mass is 9.90. The lowest BCUT2D eigenvalue weighted by molar-refractivity contribution is -0.119. The highest BCUT2D eigenvalue weighted by atomic mass is 16.2. The molecule has 21 heavy (non-hydrogen) atoms. The average molecular weight is 289 g/mol. The van der Waals surface area contributed by atoms with Crippen LogP contribution in [0.5, 0.6) is 0 Å². The summed E-state index contributed by atoms with van der Waals surface area (Å²) in [7, 11) is 4.04. The Hall–Kier alpha value is -1.55. The van der Waals surface area contributed by atoms with Gasteiger partial charge in [-0.2, -0.15) is 0 Å². The predicted molar refractivity (Wildman–Crippen MR) is 88.9 cm³/mol. The standard InChI is InChI=1S/C17H27N3O/c1-5-13-8-9-18-16(11-13)17(21)19-15-7-6-14(20(3)4)10-12(15)2/h6-7,10,13,16,18H,5,8-9,11H2,1-4H3,(H,19,21). The van der Waals surface area contributed by atoms with Crippen LogP contribution in [0, 0.1) is 12.8 Å². The van der Waals surface area contributed by atoms with Gasteiger partial charge in [0.25, 0.3) is 0 Å². The van der Waals surface area contributed by atoms with Gasteiger partial charge in [-0.1, -0.05) is 13.3 Å². The number of hydrogen-bond acceptors (Lipinski definition) is 3.